The molecule has 2 aromatic carbocycles. The summed E-state index contributed by atoms with van der Waals surface area (Å²) in [7, 11) is 0.166. The van der Waals surface area contributed by atoms with Gasteiger partial charge in [0.05, 0.1) is 5.75 Å². The van der Waals surface area contributed by atoms with Gasteiger partial charge in [-0.2, -0.15) is 0 Å². The van der Waals surface area contributed by atoms with E-state index >= 15 is 0 Å². The van der Waals surface area contributed by atoms with Crippen LogP contribution in [0.25, 0.3) is 0 Å². The summed E-state index contributed by atoms with van der Waals surface area (Å²) in [4.78, 5) is 13.9. The van der Waals surface area contributed by atoms with Crippen LogP contribution in [0.2, 0.25) is 0 Å². The highest BCUT2D eigenvalue weighted by Gasteiger charge is 2.24. The average molecular weight is 319 g/mol. The number of hydrogen-bond donors (Lipinski definition) is 0. The van der Waals surface area contributed by atoms with E-state index in [1.165, 1.54) is 11.0 Å². The van der Waals surface area contributed by atoms with Crippen molar-refractivity contribution in [3.05, 3.63) is 66.0 Å². The van der Waals surface area contributed by atoms with Crippen molar-refractivity contribution in [3.8, 4) is 0 Å². The minimum absolute atomic E-state index is 0.0300. The number of anilines is 1. The van der Waals surface area contributed by atoms with E-state index < -0.39 is 21.9 Å². The molecule has 0 aliphatic heterocycles. The second-order valence-electron chi connectivity index (χ2n) is 4.99. The summed E-state index contributed by atoms with van der Waals surface area (Å²) >= 11 is 0. The molecule has 3 nitrogen and oxygen atoms in total. The van der Waals surface area contributed by atoms with E-state index in [4.69, 9.17) is 0 Å². The molecular formula is C17H18FNO2S. The Morgan fingerprint density at radius 1 is 1.14 bits per heavy atom. The highest BCUT2D eigenvalue weighted by molar-refractivity contribution is 7.85. The highest BCUT2D eigenvalue weighted by Crippen LogP contribution is 2.16. The van der Waals surface area contributed by atoms with E-state index in [0.717, 1.165) is 5.69 Å². The van der Waals surface area contributed by atoms with Crippen molar-refractivity contribution in [3.63, 3.8) is 0 Å². The third-order valence-electron chi connectivity index (χ3n) is 3.47. The van der Waals surface area contributed by atoms with Crippen LogP contribution < -0.4 is 4.90 Å². The SMILES string of the molecule is C[C@H](C(=O)N(C)c1ccccc1)[S@](=O)Cc1ccccc1F. The summed E-state index contributed by atoms with van der Waals surface area (Å²) in [5.41, 5.74) is 1.10. The Balaban J connectivity index is 2.07. The zero-order chi connectivity index (χ0) is 16.1. The third-order valence-corrected chi connectivity index (χ3v) is 5.06. The van der Waals surface area contributed by atoms with E-state index in [-0.39, 0.29) is 11.7 Å². The number of benzene rings is 2. The molecule has 2 aromatic rings. The first-order valence-corrected chi connectivity index (χ1v) is 8.32. The Morgan fingerprint density at radius 2 is 1.73 bits per heavy atom. The van der Waals surface area contributed by atoms with E-state index in [2.05, 4.69) is 0 Å². The van der Waals surface area contributed by atoms with Gasteiger partial charge in [0.15, 0.2) is 0 Å². The maximum atomic E-state index is 13.6. The molecule has 0 radical (unpaired) electrons. The van der Waals surface area contributed by atoms with Gasteiger partial charge in [0.2, 0.25) is 5.91 Å². The number of para-hydroxylation sites is 1. The summed E-state index contributed by atoms with van der Waals surface area (Å²) in [6, 6.07) is 15.3. The summed E-state index contributed by atoms with van der Waals surface area (Å²) in [6.07, 6.45) is 0. The minimum Gasteiger partial charge on any atom is -0.314 e. The lowest BCUT2D eigenvalue weighted by molar-refractivity contribution is -0.117. The summed E-state index contributed by atoms with van der Waals surface area (Å²) in [5.74, 6) is -0.616. The van der Waals surface area contributed by atoms with Crippen LogP contribution in [0.4, 0.5) is 10.1 Å². The van der Waals surface area contributed by atoms with Gasteiger partial charge in [-0.25, -0.2) is 4.39 Å². The number of hydrogen-bond acceptors (Lipinski definition) is 2. The number of nitrogens with zero attached hydrogens (tertiary/aromatic N) is 1. The molecule has 2 rings (SSSR count). The van der Waals surface area contributed by atoms with Crippen LogP contribution >= 0.6 is 0 Å². The van der Waals surface area contributed by atoms with Gasteiger partial charge in [0.25, 0.3) is 0 Å². The fourth-order valence-corrected chi connectivity index (χ4v) is 3.23. The smallest absolute Gasteiger partial charge is 0.242 e. The van der Waals surface area contributed by atoms with Gasteiger partial charge in [0.1, 0.15) is 11.1 Å². The van der Waals surface area contributed by atoms with Gasteiger partial charge in [0, 0.05) is 29.1 Å². The van der Waals surface area contributed by atoms with Crippen LogP contribution in [0.5, 0.6) is 0 Å². The quantitative estimate of drug-likeness (QED) is 0.849. The molecule has 0 N–H and O–H groups in total. The molecule has 0 aliphatic carbocycles. The molecule has 0 heterocycles. The normalized spacial score (nSPS) is 13.4. The Kier molecular flexibility index (Phi) is 5.44. The number of carbonyl (C=O) groups is 1. The fraction of sp³-hybridized carbons (Fsp3) is 0.235. The summed E-state index contributed by atoms with van der Waals surface area (Å²) in [5, 5.41) is -0.704. The molecule has 5 heteroatoms. The van der Waals surface area contributed by atoms with Crippen molar-refractivity contribution in [1.29, 1.82) is 0 Å². The van der Waals surface area contributed by atoms with E-state index in [0.29, 0.717) is 5.56 Å². The first-order valence-electron chi connectivity index (χ1n) is 6.94. The largest absolute Gasteiger partial charge is 0.314 e. The number of amides is 1. The van der Waals surface area contributed by atoms with Gasteiger partial charge in [-0.15, -0.1) is 0 Å². The number of carbonyl (C=O) groups excluding carboxylic acids is 1. The minimum atomic E-state index is -1.48. The molecule has 116 valence electrons. The van der Waals surface area contributed by atoms with Gasteiger partial charge < -0.3 is 4.90 Å². The standard InChI is InChI=1S/C17H18FNO2S/c1-13(17(20)19(2)15-9-4-3-5-10-15)22(21)12-14-8-6-7-11-16(14)18/h3-11,13H,12H2,1-2H3/t13-,22-/m1/s1. The molecule has 0 aliphatic rings. The maximum absolute atomic E-state index is 13.6. The van der Waals surface area contributed by atoms with Gasteiger partial charge in [-0.1, -0.05) is 36.4 Å². The van der Waals surface area contributed by atoms with Gasteiger partial charge in [-0.05, 0) is 25.1 Å². The topological polar surface area (TPSA) is 37.4 Å². The Labute approximate surface area is 132 Å². The molecule has 2 atom stereocenters. The van der Waals surface area contributed by atoms with Crippen molar-refractivity contribution < 1.29 is 13.4 Å². The number of rotatable bonds is 5. The monoisotopic (exact) mass is 319 g/mol. The molecule has 0 aromatic heterocycles. The predicted octanol–water partition coefficient (Wildman–Crippen LogP) is 3.13. The van der Waals surface area contributed by atoms with Crippen LogP contribution in [0.3, 0.4) is 0 Å². The van der Waals surface area contributed by atoms with E-state index in [1.54, 1.807) is 32.2 Å². The third kappa shape index (κ3) is 3.80. The highest BCUT2D eigenvalue weighted by atomic mass is 32.2. The molecular weight excluding hydrogens is 301 g/mol. The molecule has 0 bridgehead atoms. The van der Waals surface area contributed by atoms with Crippen LogP contribution in [0, 0.1) is 5.82 Å². The molecule has 1 amide bonds. The molecule has 0 saturated heterocycles. The lowest BCUT2D eigenvalue weighted by Gasteiger charge is -2.21. The molecule has 0 fully saturated rings. The molecule has 0 spiro atoms. The molecule has 0 unspecified atom stereocenters. The zero-order valence-electron chi connectivity index (χ0n) is 12.5. The summed E-state index contributed by atoms with van der Waals surface area (Å²) < 4.78 is 25.9. The summed E-state index contributed by atoms with van der Waals surface area (Å²) in [6.45, 7) is 1.61. The lowest BCUT2D eigenvalue weighted by atomic mass is 10.2. The molecule has 22 heavy (non-hydrogen) atoms. The predicted molar refractivity (Wildman–Crippen MR) is 87.6 cm³/mol. The van der Waals surface area contributed by atoms with Crippen molar-refractivity contribution in [2.45, 2.75) is 17.9 Å². The van der Waals surface area contributed by atoms with Crippen molar-refractivity contribution in [2.24, 2.45) is 0 Å². The number of halogens is 1. The Hall–Kier alpha value is -2.01. The first-order chi connectivity index (χ1) is 10.5. The fourth-order valence-electron chi connectivity index (χ4n) is 2.06. The maximum Gasteiger partial charge on any atom is 0.242 e. The first kappa shape index (κ1) is 16.4. The van der Waals surface area contributed by atoms with Crippen LogP contribution in [-0.2, 0) is 21.3 Å². The van der Waals surface area contributed by atoms with Crippen molar-refractivity contribution in [2.75, 3.05) is 11.9 Å². The van der Waals surface area contributed by atoms with Crippen LogP contribution in [-0.4, -0.2) is 22.4 Å². The van der Waals surface area contributed by atoms with Crippen molar-refractivity contribution >= 4 is 22.4 Å². The second kappa shape index (κ2) is 7.31. The Morgan fingerprint density at radius 3 is 2.36 bits per heavy atom. The second-order valence-corrected chi connectivity index (χ2v) is 6.75. The average Bonchev–Trinajstić information content (AvgIpc) is 2.55. The van der Waals surface area contributed by atoms with Gasteiger partial charge in [-0.3, -0.25) is 9.00 Å². The van der Waals surface area contributed by atoms with E-state index in [1.807, 2.05) is 30.3 Å². The van der Waals surface area contributed by atoms with E-state index in [9.17, 15) is 13.4 Å². The Bertz CT molecular complexity index is 675. The zero-order valence-corrected chi connectivity index (χ0v) is 13.3. The molecule has 0 saturated carbocycles. The lowest BCUT2D eigenvalue weighted by Crippen LogP contribution is -2.37. The van der Waals surface area contributed by atoms with Crippen LogP contribution in [0.15, 0.2) is 54.6 Å². The van der Waals surface area contributed by atoms with Crippen LogP contribution in [0.1, 0.15) is 12.5 Å². The van der Waals surface area contributed by atoms with Crippen molar-refractivity contribution in [1.82, 2.24) is 0 Å². The van der Waals surface area contributed by atoms with Gasteiger partial charge >= 0.3 is 0 Å².